The Labute approximate surface area is 75.5 Å². The average Bonchev–Trinajstić information content (AvgIpc) is 2.10. The van der Waals surface area contributed by atoms with Crippen molar-refractivity contribution in [2.45, 2.75) is 51.9 Å². The van der Waals surface area contributed by atoms with Crippen molar-refractivity contribution < 1.29 is 4.79 Å². The van der Waals surface area contributed by atoms with Gasteiger partial charge in [-0.3, -0.25) is 4.79 Å². The zero-order valence-electron chi connectivity index (χ0n) is 7.86. The third-order valence-corrected chi connectivity index (χ3v) is 1.79. The highest BCUT2D eigenvalue weighted by Gasteiger charge is 1.87. The first-order valence-corrected chi connectivity index (χ1v) is 4.76. The van der Waals surface area contributed by atoms with Crippen LogP contribution >= 0.6 is 0 Å². The summed E-state index contributed by atoms with van der Waals surface area (Å²) in [5, 5.41) is 0. The molecule has 0 heterocycles. The summed E-state index contributed by atoms with van der Waals surface area (Å²) >= 11 is 0. The molecule has 1 radical (unpaired) electrons. The van der Waals surface area contributed by atoms with Crippen molar-refractivity contribution in [2.24, 2.45) is 0 Å². The minimum absolute atomic E-state index is 0.849. The molecule has 0 aliphatic rings. The summed E-state index contributed by atoms with van der Waals surface area (Å²) in [6.45, 7) is 2.21. The molecule has 0 aromatic carbocycles. The summed E-state index contributed by atoms with van der Waals surface area (Å²) in [5.74, 6) is 5.05. The highest BCUT2D eigenvalue weighted by atomic mass is 16.1. The Balaban J connectivity index is 2.95. The Morgan fingerprint density at radius 1 is 1.00 bits per heavy atom. The van der Waals surface area contributed by atoms with Gasteiger partial charge in [0.05, 0.1) is 0 Å². The molecule has 0 fully saturated rings. The van der Waals surface area contributed by atoms with Gasteiger partial charge in [0, 0.05) is 6.42 Å². The van der Waals surface area contributed by atoms with Gasteiger partial charge < -0.3 is 0 Å². The lowest BCUT2D eigenvalue weighted by molar-refractivity contribution is 0.565. The van der Waals surface area contributed by atoms with E-state index in [1.54, 1.807) is 6.29 Å². The molecule has 0 aliphatic carbocycles. The van der Waals surface area contributed by atoms with E-state index in [0.717, 1.165) is 12.8 Å². The van der Waals surface area contributed by atoms with E-state index in [9.17, 15) is 4.79 Å². The standard InChI is InChI=1S/C11H17O/c1-2-3-4-5-6-7-8-9-10-11-12/h2-8H2,1H3. The minimum Gasteiger partial charge on any atom is -0.275 e. The van der Waals surface area contributed by atoms with Gasteiger partial charge in [0.25, 0.3) is 6.29 Å². The normalized spacial score (nSPS) is 8.75. The number of unbranched alkanes of at least 4 members (excludes halogenated alkanes) is 6. The van der Waals surface area contributed by atoms with Crippen molar-refractivity contribution in [3.8, 4) is 11.8 Å². The highest BCUT2D eigenvalue weighted by molar-refractivity contribution is 5.73. The molecule has 0 aliphatic heterocycles. The number of rotatable bonds is 6. The van der Waals surface area contributed by atoms with Gasteiger partial charge in [0.2, 0.25) is 0 Å². The molecular formula is C11H17O. The second-order valence-corrected chi connectivity index (χ2v) is 2.92. The topological polar surface area (TPSA) is 17.1 Å². The van der Waals surface area contributed by atoms with Gasteiger partial charge in [-0.15, -0.1) is 0 Å². The van der Waals surface area contributed by atoms with E-state index in [0.29, 0.717) is 0 Å². The second-order valence-electron chi connectivity index (χ2n) is 2.92. The molecule has 1 nitrogen and oxygen atoms in total. The zero-order valence-corrected chi connectivity index (χ0v) is 7.86. The Bertz CT molecular complexity index is 150. The number of hydrogen-bond acceptors (Lipinski definition) is 1. The van der Waals surface area contributed by atoms with E-state index in [2.05, 4.69) is 18.8 Å². The van der Waals surface area contributed by atoms with Crippen LogP contribution < -0.4 is 0 Å². The number of carbonyl (C=O) groups excluding carboxylic acids is 1. The van der Waals surface area contributed by atoms with E-state index in [4.69, 9.17) is 0 Å². The van der Waals surface area contributed by atoms with Gasteiger partial charge in [-0.05, 0) is 12.3 Å². The molecule has 0 amide bonds. The van der Waals surface area contributed by atoms with E-state index in [1.807, 2.05) is 0 Å². The first-order chi connectivity index (χ1) is 5.91. The largest absolute Gasteiger partial charge is 0.284 e. The van der Waals surface area contributed by atoms with Gasteiger partial charge in [-0.25, -0.2) is 0 Å². The lowest BCUT2D eigenvalue weighted by atomic mass is 10.1. The molecular weight excluding hydrogens is 148 g/mol. The molecule has 1 heteroatoms. The Morgan fingerprint density at radius 2 is 1.67 bits per heavy atom. The van der Waals surface area contributed by atoms with Crippen LogP contribution in [0.3, 0.4) is 0 Å². The van der Waals surface area contributed by atoms with Crippen molar-refractivity contribution in [2.75, 3.05) is 0 Å². The quantitative estimate of drug-likeness (QED) is 0.437. The minimum atomic E-state index is 0.849. The molecule has 0 N–H and O–H groups in total. The lowest BCUT2D eigenvalue weighted by Crippen LogP contribution is -1.77. The molecule has 0 spiro atoms. The molecule has 0 bridgehead atoms. The fraction of sp³-hybridized carbons (Fsp3) is 0.727. The van der Waals surface area contributed by atoms with Crippen molar-refractivity contribution in [1.82, 2.24) is 0 Å². The molecule has 0 unspecified atom stereocenters. The van der Waals surface area contributed by atoms with Crippen LogP contribution in [0.1, 0.15) is 51.9 Å². The van der Waals surface area contributed by atoms with E-state index < -0.39 is 0 Å². The van der Waals surface area contributed by atoms with Gasteiger partial charge in [-0.1, -0.05) is 44.9 Å². The molecule has 0 aromatic rings. The maximum atomic E-state index is 9.68. The second kappa shape index (κ2) is 10.2. The average molecular weight is 165 g/mol. The molecule has 0 saturated carbocycles. The van der Waals surface area contributed by atoms with E-state index >= 15 is 0 Å². The third kappa shape index (κ3) is 9.23. The van der Waals surface area contributed by atoms with Gasteiger partial charge in [0.1, 0.15) is 0 Å². The van der Waals surface area contributed by atoms with Crippen molar-refractivity contribution in [3.63, 3.8) is 0 Å². The predicted octanol–water partition coefficient (Wildman–Crippen LogP) is 2.85. The molecule has 12 heavy (non-hydrogen) atoms. The molecule has 67 valence electrons. The SMILES string of the molecule is CCCCCCCCC#C[C]=O. The Hall–Kier alpha value is -0.770. The van der Waals surface area contributed by atoms with Crippen LogP contribution in [0.25, 0.3) is 0 Å². The van der Waals surface area contributed by atoms with E-state index in [-0.39, 0.29) is 0 Å². The lowest BCUT2D eigenvalue weighted by Gasteiger charge is -1.96. The van der Waals surface area contributed by atoms with Crippen molar-refractivity contribution in [3.05, 3.63) is 0 Å². The summed E-state index contributed by atoms with van der Waals surface area (Å²) in [4.78, 5) is 9.68. The monoisotopic (exact) mass is 165 g/mol. The van der Waals surface area contributed by atoms with Gasteiger partial charge in [-0.2, -0.15) is 0 Å². The molecule has 0 aromatic heterocycles. The fourth-order valence-electron chi connectivity index (χ4n) is 1.09. The smallest absolute Gasteiger partial charge is 0.275 e. The highest BCUT2D eigenvalue weighted by Crippen LogP contribution is 2.05. The Kier molecular flexibility index (Phi) is 9.57. The van der Waals surface area contributed by atoms with Crippen LogP contribution in [-0.4, -0.2) is 6.29 Å². The van der Waals surface area contributed by atoms with E-state index in [1.165, 1.54) is 32.1 Å². The molecule has 0 rings (SSSR count). The first kappa shape index (κ1) is 11.2. The van der Waals surface area contributed by atoms with Gasteiger partial charge >= 0.3 is 0 Å². The maximum absolute atomic E-state index is 9.68. The summed E-state index contributed by atoms with van der Waals surface area (Å²) in [6.07, 6.45) is 10.1. The fourth-order valence-corrected chi connectivity index (χ4v) is 1.09. The summed E-state index contributed by atoms with van der Waals surface area (Å²) in [6, 6.07) is 0. The maximum Gasteiger partial charge on any atom is 0.284 e. The molecule has 0 atom stereocenters. The Morgan fingerprint density at radius 3 is 2.33 bits per heavy atom. The van der Waals surface area contributed by atoms with Crippen molar-refractivity contribution >= 4 is 6.29 Å². The van der Waals surface area contributed by atoms with Crippen molar-refractivity contribution in [1.29, 1.82) is 0 Å². The third-order valence-electron chi connectivity index (χ3n) is 1.79. The van der Waals surface area contributed by atoms with Crippen LogP contribution in [0.5, 0.6) is 0 Å². The van der Waals surface area contributed by atoms with Gasteiger partial charge in [0.15, 0.2) is 0 Å². The summed E-state index contributed by atoms with van der Waals surface area (Å²) in [7, 11) is 0. The number of hydrogen-bond donors (Lipinski definition) is 0. The van der Waals surface area contributed by atoms with Crippen LogP contribution in [0.4, 0.5) is 0 Å². The van der Waals surface area contributed by atoms with Crippen LogP contribution in [0, 0.1) is 11.8 Å². The summed E-state index contributed by atoms with van der Waals surface area (Å²) in [5.41, 5.74) is 0. The van der Waals surface area contributed by atoms with Crippen LogP contribution in [0.2, 0.25) is 0 Å². The first-order valence-electron chi connectivity index (χ1n) is 4.76. The molecule has 0 saturated heterocycles. The van der Waals surface area contributed by atoms with Crippen LogP contribution in [-0.2, 0) is 4.79 Å². The summed E-state index contributed by atoms with van der Waals surface area (Å²) < 4.78 is 0. The predicted molar refractivity (Wildman–Crippen MR) is 51.5 cm³/mol. The van der Waals surface area contributed by atoms with Crippen LogP contribution in [0.15, 0.2) is 0 Å². The zero-order chi connectivity index (χ0) is 9.07.